The van der Waals surface area contributed by atoms with Crippen LogP contribution in [-0.2, 0) is 10.0 Å². The maximum Gasteiger partial charge on any atom is 0.251 e. The Kier molecular flexibility index (Phi) is 6.23. The van der Waals surface area contributed by atoms with Gasteiger partial charge in [0.15, 0.2) is 0 Å². The molecule has 0 radical (unpaired) electrons. The number of carbonyl (C=O) groups is 1. The Morgan fingerprint density at radius 3 is 2.41 bits per heavy atom. The van der Waals surface area contributed by atoms with Crippen molar-refractivity contribution < 1.29 is 13.2 Å². The fourth-order valence-electron chi connectivity index (χ4n) is 3.81. The van der Waals surface area contributed by atoms with E-state index >= 15 is 0 Å². The number of sulfonamides is 1. The largest absolute Gasteiger partial charge is 0.350 e. The van der Waals surface area contributed by atoms with E-state index in [1.807, 2.05) is 0 Å². The lowest BCUT2D eigenvalue weighted by Crippen LogP contribution is -2.52. The van der Waals surface area contributed by atoms with Gasteiger partial charge in [0.25, 0.3) is 5.91 Å². The van der Waals surface area contributed by atoms with E-state index < -0.39 is 10.0 Å². The third-order valence-corrected chi connectivity index (χ3v) is 7.38. The number of hydrogen-bond donors (Lipinski definition) is 2. The van der Waals surface area contributed by atoms with Crippen LogP contribution in [0.2, 0.25) is 0 Å². The summed E-state index contributed by atoms with van der Waals surface area (Å²) in [5.74, 6) is -0.219. The van der Waals surface area contributed by atoms with Crippen molar-refractivity contribution in [2.45, 2.75) is 67.8 Å². The van der Waals surface area contributed by atoms with Gasteiger partial charge in [-0.15, -0.1) is 0 Å². The van der Waals surface area contributed by atoms with E-state index in [-0.39, 0.29) is 22.4 Å². The van der Waals surface area contributed by atoms with Crippen molar-refractivity contribution >= 4 is 15.9 Å². The van der Waals surface area contributed by atoms with Crippen molar-refractivity contribution in [1.29, 1.82) is 0 Å². The van der Waals surface area contributed by atoms with E-state index in [2.05, 4.69) is 29.0 Å². The molecule has 0 unspecified atom stereocenters. The van der Waals surface area contributed by atoms with Crippen LogP contribution in [0.25, 0.3) is 0 Å². The van der Waals surface area contributed by atoms with Gasteiger partial charge in [-0.3, -0.25) is 4.79 Å². The molecule has 0 heterocycles. The molecule has 150 valence electrons. The summed E-state index contributed by atoms with van der Waals surface area (Å²) in [6.07, 6.45) is 8.75. The van der Waals surface area contributed by atoms with E-state index in [9.17, 15) is 13.2 Å². The van der Waals surface area contributed by atoms with Crippen molar-refractivity contribution in [3.63, 3.8) is 0 Å². The number of likely N-dealkylation sites (N-methyl/N-ethyl adjacent to an activating group) is 1. The van der Waals surface area contributed by atoms with Gasteiger partial charge in [-0.05, 0) is 58.0 Å². The lowest BCUT2D eigenvalue weighted by atomic mass is 9.88. The average Bonchev–Trinajstić information content (AvgIpc) is 3.46. The molecule has 0 saturated heterocycles. The monoisotopic (exact) mass is 393 g/mol. The first kappa shape index (κ1) is 20.3. The summed E-state index contributed by atoms with van der Waals surface area (Å²) in [6.45, 7) is 0.579. The Balaban J connectivity index is 1.69. The summed E-state index contributed by atoms with van der Waals surface area (Å²) in [6, 6.07) is 6.34. The summed E-state index contributed by atoms with van der Waals surface area (Å²) >= 11 is 0. The first-order valence-electron chi connectivity index (χ1n) is 9.90. The Labute approximate surface area is 162 Å². The highest BCUT2D eigenvalue weighted by Crippen LogP contribution is 2.30. The highest BCUT2D eigenvalue weighted by atomic mass is 32.2. The standard InChI is InChI=1S/C20H31N3O3S/c1-23(2)20(12-5-3-4-6-13-20)15-21-19(24)16-8-7-9-18(14-16)27(25,26)22-17-10-11-17/h7-9,14,17,22H,3-6,10-13,15H2,1-2H3,(H,21,24). The van der Waals surface area contributed by atoms with Gasteiger partial charge in [0, 0.05) is 23.7 Å². The predicted octanol–water partition coefficient (Wildman–Crippen LogP) is 2.51. The molecular formula is C20H31N3O3S. The molecule has 1 aromatic carbocycles. The van der Waals surface area contributed by atoms with E-state index in [4.69, 9.17) is 0 Å². The molecule has 2 aliphatic carbocycles. The van der Waals surface area contributed by atoms with Crippen molar-refractivity contribution in [2.75, 3.05) is 20.6 Å². The number of hydrogen-bond acceptors (Lipinski definition) is 4. The lowest BCUT2D eigenvalue weighted by molar-refractivity contribution is 0.0869. The summed E-state index contributed by atoms with van der Waals surface area (Å²) < 4.78 is 27.4. The molecule has 1 aromatic rings. The van der Waals surface area contributed by atoms with Gasteiger partial charge in [0.2, 0.25) is 10.0 Å². The molecule has 27 heavy (non-hydrogen) atoms. The summed E-state index contributed by atoms with van der Waals surface area (Å²) in [5, 5.41) is 3.05. The molecule has 7 heteroatoms. The van der Waals surface area contributed by atoms with Crippen LogP contribution >= 0.6 is 0 Å². The maximum absolute atomic E-state index is 12.7. The molecule has 2 fully saturated rings. The van der Waals surface area contributed by atoms with Crippen molar-refractivity contribution in [3.8, 4) is 0 Å². The molecule has 6 nitrogen and oxygen atoms in total. The highest BCUT2D eigenvalue weighted by molar-refractivity contribution is 7.89. The van der Waals surface area contributed by atoms with Gasteiger partial charge in [-0.25, -0.2) is 13.1 Å². The quantitative estimate of drug-likeness (QED) is 0.698. The molecule has 3 rings (SSSR count). The molecular weight excluding hydrogens is 362 g/mol. The molecule has 1 amide bonds. The van der Waals surface area contributed by atoms with Crippen molar-refractivity contribution in [3.05, 3.63) is 29.8 Å². The SMILES string of the molecule is CN(C)C1(CNC(=O)c2cccc(S(=O)(=O)NC3CC3)c2)CCCCCC1. The number of rotatable bonds is 7. The number of amides is 1. The molecule has 0 atom stereocenters. The topological polar surface area (TPSA) is 78.5 Å². The molecule has 2 aliphatic rings. The van der Waals surface area contributed by atoms with Gasteiger partial charge in [0.1, 0.15) is 0 Å². The number of benzene rings is 1. The Bertz CT molecular complexity index is 764. The van der Waals surface area contributed by atoms with Crippen LogP contribution in [0.4, 0.5) is 0 Å². The minimum Gasteiger partial charge on any atom is -0.350 e. The zero-order chi connectivity index (χ0) is 19.5. The van der Waals surface area contributed by atoms with Crippen molar-refractivity contribution in [2.24, 2.45) is 0 Å². The van der Waals surface area contributed by atoms with E-state index in [0.717, 1.165) is 25.7 Å². The second-order valence-electron chi connectivity index (χ2n) is 8.14. The first-order chi connectivity index (χ1) is 12.8. The number of carbonyl (C=O) groups excluding carboxylic acids is 1. The van der Waals surface area contributed by atoms with Crippen LogP contribution < -0.4 is 10.0 Å². The molecule has 2 saturated carbocycles. The number of nitrogens with zero attached hydrogens (tertiary/aromatic N) is 1. The van der Waals surface area contributed by atoms with Crippen LogP contribution in [0.5, 0.6) is 0 Å². The Morgan fingerprint density at radius 1 is 1.15 bits per heavy atom. The molecule has 0 bridgehead atoms. The fraction of sp³-hybridized carbons (Fsp3) is 0.650. The number of nitrogens with one attached hydrogen (secondary N) is 2. The highest BCUT2D eigenvalue weighted by Gasteiger charge is 2.33. The average molecular weight is 394 g/mol. The molecule has 0 aliphatic heterocycles. The lowest BCUT2D eigenvalue weighted by Gasteiger charge is -2.39. The van der Waals surface area contributed by atoms with Gasteiger partial charge in [-0.1, -0.05) is 31.7 Å². The van der Waals surface area contributed by atoms with E-state index in [0.29, 0.717) is 12.1 Å². The van der Waals surface area contributed by atoms with Crippen LogP contribution in [0.15, 0.2) is 29.2 Å². The zero-order valence-corrected chi connectivity index (χ0v) is 17.1. The van der Waals surface area contributed by atoms with Crippen LogP contribution in [-0.4, -0.2) is 51.4 Å². The minimum absolute atomic E-state index is 0.0244. The van der Waals surface area contributed by atoms with Crippen LogP contribution in [0.1, 0.15) is 61.7 Å². The maximum atomic E-state index is 12.7. The van der Waals surface area contributed by atoms with Gasteiger partial charge < -0.3 is 10.2 Å². The van der Waals surface area contributed by atoms with Crippen LogP contribution in [0.3, 0.4) is 0 Å². The van der Waals surface area contributed by atoms with E-state index in [1.165, 1.54) is 37.8 Å². The molecule has 0 spiro atoms. The van der Waals surface area contributed by atoms with Gasteiger partial charge in [0.05, 0.1) is 4.90 Å². The molecule has 0 aromatic heterocycles. The Hall–Kier alpha value is -1.44. The predicted molar refractivity (Wildman–Crippen MR) is 106 cm³/mol. The smallest absolute Gasteiger partial charge is 0.251 e. The first-order valence-corrected chi connectivity index (χ1v) is 11.4. The third-order valence-electron chi connectivity index (χ3n) is 5.87. The third kappa shape index (κ3) is 5.09. The van der Waals surface area contributed by atoms with Crippen LogP contribution in [0, 0.1) is 0 Å². The second-order valence-corrected chi connectivity index (χ2v) is 9.85. The zero-order valence-electron chi connectivity index (χ0n) is 16.3. The van der Waals surface area contributed by atoms with Gasteiger partial charge in [-0.2, -0.15) is 0 Å². The molecule has 2 N–H and O–H groups in total. The summed E-state index contributed by atoms with van der Waals surface area (Å²) in [7, 11) is 0.598. The second kappa shape index (κ2) is 8.29. The Morgan fingerprint density at radius 2 is 1.81 bits per heavy atom. The summed E-state index contributed by atoms with van der Waals surface area (Å²) in [5.41, 5.74) is 0.361. The van der Waals surface area contributed by atoms with Gasteiger partial charge >= 0.3 is 0 Å². The van der Waals surface area contributed by atoms with Crippen molar-refractivity contribution in [1.82, 2.24) is 14.9 Å². The summed E-state index contributed by atoms with van der Waals surface area (Å²) in [4.78, 5) is 15.1. The normalized spacial score (nSPS) is 20.3. The minimum atomic E-state index is -3.56. The fourth-order valence-corrected chi connectivity index (χ4v) is 5.16. The van der Waals surface area contributed by atoms with E-state index in [1.54, 1.807) is 12.1 Å².